The largest absolute Gasteiger partial charge is 0.451 e. The molecule has 1 N–H and O–H groups in total. The van der Waals surface area contributed by atoms with Gasteiger partial charge in [-0.25, -0.2) is 9.78 Å². The Morgan fingerprint density at radius 3 is 2.50 bits per heavy atom. The summed E-state index contributed by atoms with van der Waals surface area (Å²) in [6.45, 7) is -0.560. The molecule has 0 radical (unpaired) electrons. The summed E-state index contributed by atoms with van der Waals surface area (Å²) in [5.41, 5.74) is 0.773. The highest BCUT2D eigenvalue weighted by Crippen LogP contribution is 1.99. The highest BCUT2D eigenvalue weighted by molar-refractivity contribution is 5.97. The van der Waals surface area contributed by atoms with Gasteiger partial charge in [0.2, 0.25) is 5.91 Å². The van der Waals surface area contributed by atoms with E-state index in [0.717, 1.165) is 5.56 Å². The van der Waals surface area contributed by atoms with E-state index in [9.17, 15) is 14.4 Å². The number of rotatable bonds is 5. The van der Waals surface area contributed by atoms with Crippen molar-refractivity contribution in [3.05, 3.63) is 60.2 Å². The first-order valence-electron chi connectivity index (χ1n) is 6.45. The van der Waals surface area contributed by atoms with Crippen LogP contribution in [0.1, 0.15) is 16.1 Å². The van der Waals surface area contributed by atoms with Crippen LogP contribution >= 0.6 is 0 Å². The fraction of sp³-hybridized carbons (Fsp3) is 0.133. The highest BCUT2D eigenvalue weighted by Gasteiger charge is 2.13. The van der Waals surface area contributed by atoms with Crippen molar-refractivity contribution in [2.24, 2.45) is 0 Å². The average Bonchev–Trinajstić information content (AvgIpc) is 2.54. The molecule has 0 aliphatic heterocycles. The van der Waals surface area contributed by atoms with Crippen molar-refractivity contribution in [2.45, 2.75) is 6.42 Å². The molecule has 0 spiro atoms. The summed E-state index contributed by atoms with van der Waals surface area (Å²) in [5, 5.41) is 2.14. The Morgan fingerprint density at radius 2 is 1.82 bits per heavy atom. The number of nitrogens with zero attached hydrogens (tertiary/aromatic N) is 2. The number of esters is 1. The van der Waals surface area contributed by atoms with Crippen molar-refractivity contribution >= 4 is 17.8 Å². The second-order valence-corrected chi connectivity index (χ2v) is 4.30. The number of imide groups is 1. The molecule has 2 rings (SSSR count). The highest BCUT2D eigenvalue weighted by atomic mass is 16.5. The SMILES string of the molecule is O=C(COC(=O)c1cnccn1)NC(=O)Cc1ccccc1. The maximum Gasteiger partial charge on any atom is 0.359 e. The van der Waals surface area contributed by atoms with Crippen molar-refractivity contribution in [2.75, 3.05) is 6.61 Å². The summed E-state index contributed by atoms with van der Waals surface area (Å²) >= 11 is 0. The number of nitrogens with one attached hydrogen (secondary N) is 1. The monoisotopic (exact) mass is 299 g/mol. The normalized spacial score (nSPS) is 9.82. The van der Waals surface area contributed by atoms with Gasteiger partial charge in [0, 0.05) is 12.4 Å². The van der Waals surface area contributed by atoms with Crippen LogP contribution in [-0.4, -0.2) is 34.4 Å². The number of hydrogen-bond donors (Lipinski definition) is 1. The predicted molar refractivity (Wildman–Crippen MR) is 75.6 cm³/mol. The fourth-order valence-corrected chi connectivity index (χ4v) is 1.63. The van der Waals surface area contributed by atoms with E-state index in [1.54, 1.807) is 24.3 Å². The van der Waals surface area contributed by atoms with Crippen LogP contribution in [0.5, 0.6) is 0 Å². The van der Waals surface area contributed by atoms with E-state index in [4.69, 9.17) is 4.74 Å². The molecule has 0 unspecified atom stereocenters. The van der Waals surface area contributed by atoms with Crippen LogP contribution in [-0.2, 0) is 20.7 Å². The number of ether oxygens (including phenoxy) is 1. The topological polar surface area (TPSA) is 98.2 Å². The van der Waals surface area contributed by atoms with Crippen molar-refractivity contribution in [3.8, 4) is 0 Å². The number of benzene rings is 1. The molecule has 0 saturated heterocycles. The zero-order valence-electron chi connectivity index (χ0n) is 11.6. The minimum Gasteiger partial charge on any atom is -0.451 e. The van der Waals surface area contributed by atoms with Gasteiger partial charge in [-0.1, -0.05) is 30.3 Å². The smallest absolute Gasteiger partial charge is 0.359 e. The second kappa shape index (κ2) is 7.63. The molecule has 0 atom stereocenters. The maximum absolute atomic E-state index is 11.6. The standard InChI is InChI=1S/C15H13N3O4/c19-13(8-11-4-2-1-3-5-11)18-14(20)10-22-15(21)12-9-16-6-7-17-12/h1-7,9H,8,10H2,(H,18,19,20). The molecule has 0 bridgehead atoms. The van der Waals surface area contributed by atoms with Gasteiger partial charge < -0.3 is 4.74 Å². The first-order chi connectivity index (χ1) is 10.6. The van der Waals surface area contributed by atoms with Gasteiger partial charge in [-0.05, 0) is 5.56 Å². The molecule has 2 aromatic rings. The van der Waals surface area contributed by atoms with Crippen molar-refractivity contribution in [1.82, 2.24) is 15.3 Å². The zero-order chi connectivity index (χ0) is 15.8. The Labute approximate surface area is 126 Å². The van der Waals surface area contributed by atoms with E-state index < -0.39 is 24.4 Å². The molecule has 0 aliphatic carbocycles. The molecular formula is C15H13N3O4. The summed E-state index contributed by atoms with van der Waals surface area (Å²) in [7, 11) is 0. The van der Waals surface area contributed by atoms with Crippen LogP contribution in [0.2, 0.25) is 0 Å². The summed E-state index contributed by atoms with van der Waals surface area (Å²) < 4.78 is 4.74. The molecule has 0 aliphatic rings. The van der Waals surface area contributed by atoms with E-state index in [0.29, 0.717) is 0 Å². The quantitative estimate of drug-likeness (QED) is 0.808. The summed E-state index contributed by atoms with van der Waals surface area (Å²) in [6.07, 6.45) is 4.04. The molecular weight excluding hydrogens is 286 g/mol. The number of aromatic nitrogens is 2. The van der Waals surface area contributed by atoms with Crippen LogP contribution in [0.25, 0.3) is 0 Å². The molecule has 1 aromatic carbocycles. The van der Waals surface area contributed by atoms with Gasteiger partial charge in [0.1, 0.15) is 0 Å². The summed E-state index contributed by atoms with van der Waals surface area (Å²) in [4.78, 5) is 42.2. The Bertz CT molecular complexity index is 659. The van der Waals surface area contributed by atoms with Crippen LogP contribution in [0.3, 0.4) is 0 Å². The maximum atomic E-state index is 11.6. The Morgan fingerprint density at radius 1 is 1.05 bits per heavy atom. The minimum absolute atomic E-state index is 0.00841. The van der Waals surface area contributed by atoms with Crippen LogP contribution < -0.4 is 5.32 Å². The molecule has 0 saturated carbocycles. The van der Waals surface area contributed by atoms with Crippen LogP contribution in [0.4, 0.5) is 0 Å². The van der Waals surface area contributed by atoms with E-state index >= 15 is 0 Å². The number of carbonyl (C=O) groups excluding carboxylic acids is 3. The number of carbonyl (C=O) groups is 3. The second-order valence-electron chi connectivity index (χ2n) is 4.30. The third-order valence-corrected chi connectivity index (χ3v) is 2.59. The molecule has 7 heteroatoms. The molecule has 2 amide bonds. The molecule has 1 heterocycles. The molecule has 0 fully saturated rings. The van der Waals surface area contributed by atoms with E-state index in [1.165, 1.54) is 18.6 Å². The lowest BCUT2D eigenvalue weighted by molar-refractivity contribution is -0.132. The third kappa shape index (κ3) is 4.78. The summed E-state index contributed by atoms with van der Waals surface area (Å²) in [6, 6.07) is 8.98. The lowest BCUT2D eigenvalue weighted by Gasteiger charge is -2.05. The van der Waals surface area contributed by atoms with Gasteiger partial charge in [-0.15, -0.1) is 0 Å². The van der Waals surface area contributed by atoms with Crippen LogP contribution in [0.15, 0.2) is 48.9 Å². The Kier molecular flexibility index (Phi) is 5.31. The van der Waals surface area contributed by atoms with Crippen LogP contribution in [0, 0.1) is 0 Å². The summed E-state index contributed by atoms with van der Waals surface area (Å²) in [5.74, 6) is -1.94. The van der Waals surface area contributed by atoms with Gasteiger partial charge in [0.15, 0.2) is 12.3 Å². The van der Waals surface area contributed by atoms with Gasteiger partial charge in [0.05, 0.1) is 12.6 Å². The van der Waals surface area contributed by atoms with Crippen molar-refractivity contribution < 1.29 is 19.1 Å². The zero-order valence-corrected chi connectivity index (χ0v) is 11.6. The van der Waals surface area contributed by atoms with E-state index in [-0.39, 0.29) is 12.1 Å². The van der Waals surface area contributed by atoms with E-state index in [2.05, 4.69) is 15.3 Å². The van der Waals surface area contributed by atoms with Gasteiger partial charge in [-0.3, -0.25) is 19.9 Å². The van der Waals surface area contributed by atoms with Gasteiger partial charge in [0.25, 0.3) is 5.91 Å². The number of amides is 2. The minimum atomic E-state index is -0.779. The fourth-order valence-electron chi connectivity index (χ4n) is 1.63. The van der Waals surface area contributed by atoms with Gasteiger partial charge >= 0.3 is 5.97 Å². The molecule has 22 heavy (non-hydrogen) atoms. The number of hydrogen-bond acceptors (Lipinski definition) is 6. The molecule has 7 nitrogen and oxygen atoms in total. The average molecular weight is 299 g/mol. The van der Waals surface area contributed by atoms with Crippen molar-refractivity contribution in [3.63, 3.8) is 0 Å². The lowest BCUT2D eigenvalue weighted by Crippen LogP contribution is -2.35. The lowest BCUT2D eigenvalue weighted by atomic mass is 10.1. The van der Waals surface area contributed by atoms with Gasteiger partial charge in [-0.2, -0.15) is 0 Å². The predicted octanol–water partition coefficient (Wildman–Crippen LogP) is 0.519. The molecule has 1 aromatic heterocycles. The Hall–Kier alpha value is -3.09. The Balaban J connectivity index is 1.76. The third-order valence-electron chi connectivity index (χ3n) is 2.59. The first kappa shape index (κ1) is 15.3. The first-order valence-corrected chi connectivity index (χ1v) is 6.45. The molecule has 112 valence electrons. The van der Waals surface area contributed by atoms with E-state index in [1.807, 2.05) is 6.07 Å². The van der Waals surface area contributed by atoms with Crippen molar-refractivity contribution in [1.29, 1.82) is 0 Å².